The zero-order valence-electron chi connectivity index (χ0n) is 23.1. The summed E-state index contributed by atoms with van der Waals surface area (Å²) in [5.41, 5.74) is 5.73. The maximum atomic E-state index is 12.7. The number of benzene rings is 2. The van der Waals surface area contributed by atoms with Gasteiger partial charge in [0.15, 0.2) is 5.13 Å². The molecule has 7 nitrogen and oxygen atoms in total. The minimum atomic E-state index is -0.0484. The third-order valence-electron chi connectivity index (χ3n) is 8.38. The molecule has 1 aromatic heterocycles. The first-order chi connectivity index (χ1) is 18.9. The van der Waals surface area contributed by atoms with Crippen molar-refractivity contribution < 1.29 is 19.7 Å². The number of fused-ring (bicyclic) bond motifs is 2. The predicted molar refractivity (Wildman–Crippen MR) is 155 cm³/mol. The van der Waals surface area contributed by atoms with Crippen molar-refractivity contribution in [3.8, 4) is 17.0 Å². The molecule has 1 aliphatic heterocycles. The largest absolute Gasteiger partial charge is 0.488 e. The minimum Gasteiger partial charge on any atom is -0.488 e. The highest BCUT2D eigenvalue weighted by molar-refractivity contribution is 7.14. The van der Waals surface area contributed by atoms with E-state index in [-0.39, 0.29) is 12.5 Å². The number of aliphatic hydroxyl groups excluding tert-OH is 2. The molecular formula is C31H39N3O4S. The Balaban J connectivity index is 1.29. The van der Waals surface area contributed by atoms with Crippen molar-refractivity contribution in [3.63, 3.8) is 0 Å². The highest BCUT2D eigenvalue weighted by atomic mass is 32.1. The van der Waals surface area contributed by atoms with Crippen LogP contribution < -0.4 is 9.64 Å². The van der Waals surface area contributed by atoms with E-state index in [2.05, 4.69) is 29.3 Å². The molecule has 2 heterocycles. The van der Waals surface area contributed by atoms with Gasteiger partial charge in [0, 0.05) is 56.4 Å². The Labute approximate surface area is 235 Å². The number of anilines is 1. The summed E-state index contributed by atoms with van der Waals surface area (Å²) in [4.78, 5) is 21.8. The van der Waals surface area contributed by atoms with Gasteiger partial charge in [-0.3, -0.25) is 4.79 Å². The summed E-state index contributed by atoms with van der Waals surface area (Å²) in [5.74, 6) is 2.31. The Morgan fingerprint density at radius 2 is 1.90 bits per heavy atom. The molecule has 2 aromatic carbocycles. The van der Waals surface area contributed by atoms with Crippen molar-refractivity contribution in [2.75, 3.05) is 44.8 Å². The van der Waals surface area contributed by atoms with E-state index in [9.17, 15) is 9.90 Å². The zero-order chi connectivity index (χ0) is 27.5. The molecule has 2 N–H and O–H groups in total. The standard InChI is InChI=1S/C31H39N3O4S/c1-20-5-10-29(38-18-25-9-6-22(14-21(25)2)30(37)33(3)11-4-12-35)26(13-20)28-19-39-31(32-28)34-15-23-7-8-24(16-34)27(23)17-36/h5-6,9-10,13-14,19,23-24,27,35-36H,4,7-8,11-12,15-18H2,1-3H3/t23-,24+,27+. The lowest BCUT2D eigenvalue weighted by molar-refractivity contribution is 0.0786. The fourth-order valence-electron chi connectivity index (χ4n) is 6.07. The van der Waals surface area contributed by atoms with Crippen LogP contribution in [0.4, 0.5) is 5.13 Å². The molecule has 0 radical (unpaired) electrons. The quantitative estimate of drug-likeness (QED) is 0.374. The van der Waals surface area contributed by atoms with Crippen LogP contribution in [-0.4, -0.2) is 65.9 Å². The zero-order valence-corrected chi connectivity index (χ0v) is 23.9. The van der Waals surface area contributed by atoms with E-state index >= 15 is 0 Å². The van der Waals surface area contributed by atoms with Crippen LogP contribution in [0.5, 0.6) is 5.75 Å². The Morgan fingerprint density at radius 3 is 2.59 bits per heavy atom. The van der Waals surface area contributed by atoms with E-state index in [1.54, 1.807) is 23.3 Å². The van der Waals surface area contributed by atoms with E-state index in [0.29, 0.717) is 49.5 Å². The summed E-state index contributed by atoms with van der Waals surface area (Å²) >= 11 is 1.68. The number of piperidine rings is 1. The molecule has 8 heteroatoms. The summed E-state index contributed by atoms with van der Waals surface area (Å²) in [7, 11) is 1.76. The molecule has 3 aromatic rings. The van der Waals surface area contributed by atoms with Crippen LogP contribution in [0.25, 0.3) is 11.3 Å². The number of aromatic nitrogens is 1. The van der Waals surface area contributed by atoms with Gasteiger partial charge in [-0.25, -0.2) is 4.98 Å². The average Bonchev–Trinajstić information content (AvgIpc) is 3.52. The Bertz CT molecular complexity index is 1290. The van der Waals surface area contributed by atoms with Gasteiger partial charge in [-0.05, 0) is 86.3 Å². The van der Waals surface area contributed by atoms with Crippen molar-refractivity contribution in [1.29, 1.82) is 0 Å². The number of amides is 1. The number of hydrogen-bond donors (Lipinski definition) is 2. The van der Waals surface area contributed by atoms with Crippen molar-refractivity contribution >= 4 is 22.4 Å². The lowest BCUT2D eigenvalue weighted by atomic mass is 9.86. The van der Waals surface area contributed by atoms with Gasteiger partial charge in [0.05, 0.1) is 5.69 Å². The molecule has 3 atom stereocenters. The van der Waals surface area contributed by atoms with Crippen molar-refractivity contribution in [2.24, 2.45) is 17.8 Å². The predicted octanol–water partition coefficient (Wildman–Crippen LogP) is 4.92. The van der Waals surface area contributed by atoms with E-state index in [1.165, 1.54) is 12.8 Å². The summed E-state index contributed by atoms with van der Waals surface area (Å²) in [6.45, 7) is 7.31. The fraction of sp³-hybridized carbons (Fsp3) is 0.484. The number of rotatable bonds is 10. The van der Waals surface area contributed by atoms with Crippen LogP contribution in [-0.2, 0) is 6.61 Å². The van der Waals surface area contributed by atoms with Gasteiger partial charge in [-0.2, -0.15) is 0 Å². The van der Waals surface area contributed by atoms with Gasteiger partial charge in [0.1, 0.15) is 12.4 Å². The molecule has 2 bridgehead atoms. The summed E-state index contributed by atoms with van der Waals surface area (Å²) in [6, 6.07) is 11.9. The average molecular weight is 550 g/mol. The smallest absolute Gasteiger partial charge is 0.253 e. The highest BCUT2D eigenvalue weighted by Crippen LogP contribution is 2.44. The number of hydrogen-bond acceptors (Lipinski definition) is 7. The Hall–Kier alpha value is -2.94. The second-order valence-electron chi connectivity index (χ2n) is 11.1. The maximum Gasteiger partial charge on any atom is 0.253 e. The topological polar surface area (TPSA) is 86.1 Å². The monoisotopic (exact) mass is 549 g/mol. The number of nitrogens with zero attached hydrogens (tertiary/aromatic N) is 3. The van der Waals surface area contributed by atoms with Gasteiger partial charge in [0.25, 0.3) is 5.91 Å². The molecule has 208 valence electrons. The van der Waals surface area contributed by atoms with Crippen molar-refractivity contribution in [2.45, 2.75) is 39.7 Å². The molecule has 0 spiro atoms. The Kier molecular flexibility index (Phi) is 8.54. The molecule has 1 saturated carbocycles. The van der Waals surface area contributed by atoms with Crippen LogP contribution in [0, 0.1) is 31.6 Å². The highest BCUT2D eigenvalue weighted by Gasteiger charge is 2.42. The lowest BCUT2D eigenvalue weighted by Crippen LogP contribution is -2.43. The summed E-state index contributed by atoms with van der Waals surface area (Å²) in [5, 5.41) is 22.0. The van der Waals surface area contributed by atoms with E-state index in [0.717, 1.165) is 51.9 Å². The van der Waals surface area contributed by atoms with Gasteiger partial charge >= 0.3 is 0 Å². The van der Waals surface area contributed by atoms with Gasteiger partial charge in [-0.15, -0.1) is 11.3 Å². The molecule has 1 saturated heterocycles. The molecule has 1 amide bonds. The second kappa shape index (κ2) is 12.1. The second-order valence-corrected chi connectivity index (χ2v) is 11.9. The molecule has 39 heavy (non-hydrogen) atoms. The van der Waals surface area contributed by atoms with Crippen LogP contribution in [0.3, 0.4) is 0 Å². The number of thiazole rings is 1. The van der Waals surface area contributed by atoms with E-state index in [4.69, 9.17) is 14.8 Å². The number of aliphatic hydroxyl groups is 2. The molecule has 5 rings (SSSR count). The lowest BCUT2D eigenvalue weighted by Gasteiger charge is -2.37. The molecule has 2 aliphatic rings. The number of carbonyl (C=O) groups is 1. The van der Waals surface area contributed by atoms with Crippen molar-refractivity contribution in [3.05, 3.63) is 64.0 Å². The maximum absolute atomic E-state index is 12.7. The van der Waals surface area contributed by atoms with E-state index in [1.807, 2.05) is 31.2 Å². The van der Waals surface area contributed by atoms with Gasteiger partial charge < -0.3 is 24.7 Å². The number of ether oxygens (including phenoxy) is 1. The molecule has 0 unspecified atom stereocenters. The number of aryl methyl sites for hydroxylation is 2. The molecule has 2 fully saturated rings. The first-order valence-corrected chi connectivity index (χ1v) is 14.8. The minimum absolute atomic E-state index is 0.0484. The van der Waals surface area contributed by atoms with Gasteiger partial charge in [0.2, 0.25) is 0 Å². The normalized spacial score (nSPS) is 20.3. The number of carbonyl (C=O) groups excluding carboxylic acids is 1. The first-order valence-electron chi connectivity index (χ1n) is 13.9. The van der Waals surface area contributed by atoms with Crippen molar-refractivity contribution in [1.82, 2.24) is 9.88 Å². The van der Waals surface area contributed by atoms with E-state index < -0.39 is 0 Å². The summed E-state index contributed by atoms with van der Waals surface area (Å²) in [6.07, 6.45) is 2.97. The fourth-order valence-corrected chi connectivity index (χ4v) is 6.91. The third-order valence-corrected chi connectivity index (χ3v) is 9.29. The Morgan fingerprint density at radius 1 is 1.13 bits per heavy atom. The van der Waals surface area contributed by atoms with Crippen LogP contribution >= 0.6 is 11.3 Å². The third kappa shape index (κ3) is 5.98. The molecule has 1 aliphatic carbocycles. The van der Waals surface area contributed by atoms with Crippen LogP contribution in [0.1, 0.15) is 46.3 Å². The first kappa shape index (κ1) is 27.6. The van der Waals surface area contributed by atoms with Crippen LogP contribution in [0.15, 0.2) is 41.8 Å². The van der Waals surface area contributed by atoms with Gasteiger partial charge in [-0.1, -0.05) is 17.7 Å². The SMILES string of the molecule is Cc1ccc(OCc2ccc(C(=O)N(C)CCCO)cc2C)c(-c2csc(N3C[C@H]4CC[C@@H](C3)[C@H]4CO)n2)c1. The van der Waals surface area contributed by atoms with Crippen LogP contribution in [0.2, 0.25) is 0 Å². The summed E-state index contributed by atoms with van der Waals surface area (Å²) < 4.78 is 6.34. The molecular weight excluding hydrogens is 510 g/mol.